The third kappa shape index (κ3) is 4.85. The number of carbonyl (C=O) groups excluding carboxylic acids is 1. The van der Waals surface area contributed by atoms with Crippen molar-refractivity contribution < 1.29 is 58.2 Å². The Hall–Kier alpha value is -3.23. The number of benzene rings is 2. The van der Waals surface area contributed by atoms with Crippen molar-refractivity contribution in [1.29, 1.82) is 0 Å². The largest absolute Gasteiger partial charge is 0.481 e. The minimum absolute atomic E-state index is 0.00131. The fourth-order valence-electron chi connectivity index (χ4n) is 7.17. The maximum atomic E-state index is 14.9. The van der Waals surface area contributed by atoms with Gasteiger partial charge in [0.1, 0.15) is 10.6 Å². The van der Waals surface area contributed by atoms with E-state index in [-0.39, 0.29) is 60.2 Å². The van der Waals surface area contributed by atoms with Crippen LogP contribution in [0.4, 0.5) is 35.1 Å². The molecule has 2 saturated carbocycles. The fraction of sp³-hybridized carbons (Fsp3) is 0.517. The zero-order valence-electron chi connectivity index (χ0n) is 22.8. The molecule has 6 nitrogen and oxygen atoms in total. The molecular formula is C29H27F8NO5S. The Labute approximate surface area is 246 Å². The van der Waals surface area contributed by atoms with Gasteiger partial charge >= 0.3 is 24.0 Å². The van der Waals surface area contributed by atoms with E-state index in [1.165, 1.54) is 0 Å². The Morgan fingerprint density at radius 2 is 1.55 bits per heavy atom. The number of hydrogen-bond acceptors (Lipinski definition) is 4. The lowest BCUT2D eigenvalue weighted by Gasteiger charge is -2.42. The molecule has 15 heteroatoms. The molecule has 0 unspecified atom stereocenters. The van der Waals surface area contributed by atoms with Crippen molar-refractivity contribution >= 4 is 21.7 Å². The maximum Gasteiger partial charge on any atom is 0.435 e. The third-order valence-corrected chi connectivity index (χ3v) is 12.0. The van der Waals surface area contributed by atoms with Gasteiger partial charge in [0.15, 0.2) is 9.84 Å². The molecule has 0 saturated heterocycles. The predicted molar refractivity (Wildman–Crippen MR) is 138 cm³/mol. The van der Waals surface area contributed by atoms with Crippen LogP contribution >= 0.6 is 0 Å². The summed E-state index contributed by atoms with van der Waals surface area (Å²) in [5.74, 6) is -4.71. The zero-order chi connectivity index (χ0) is 32.5. The van der Waals surface area contributed by atoms with Gasteiger partial charge in [-0.1, -0.05) is 18.2 Å². The molecule has 3 aliphatic rings. The summed E-state index contributed by atoms with van der Waals surface area (Å²) in [6.07, 6.45) is -12.6. The number of aryl methyl sites for hydroxylation is 1. The summed E-state index contributed by atoms with van der Waals surface area (Å²) < 4.78 is 136. The molecule has 0 aromatic heterocycles. The predicted octanol–water partition coefficient (Wildman–Crippen LogP) is 5.98. The standard InChI is InChI=1S/C29H27F8NO5S/c30-19-3-5-20(6-4-19)44(42,43)26-10-9-21(24(39)38-14-15-11-17(12-15)25(40)41)23(26)7-1-16-13-18(2-8-22(16)26)27(31,28(32,33)34)29(35,36)37/h2-6,8,13,15,17,21,23H,1,7,9-12,14H2,(H,38,39)(H,40,41)/t15?,17?,21-,23+,26-/m1/s1. The van der Waals surface area contributed by atoms with Crippen LogP contribution in [0, 0.1) is 29.5 Å². The highest BCUT2D eigenvalue weighted by atomic mass is 32.2. The van der Waals surface area contributed by atoms with Crippen molar-refractivity contribution in [1.82, 2.24) is 5.32 Å². The molecule has 2 fully saturated rings. The van der Waals surface area contributed by atoms with E-state index in [1.807, 2.05) is 0 Å². The summed E-state index contributed by atoms with van der Waals surface area (Å²) in [5, 5.41) is 11.8. The highest BCUT2D eigenvalue weighted by molar-refractivity contribution is 7.92. The Morgan fingerprint density at radius 1 is 0.932 bits per heavy atom. The summed E-state index contributed by atoms with van der Waals surface area (Å²) in [5.41, 5.74) is -7.81. The number of aliphatic carboxylic acids is 1. The summed E-state index contributed by atoms with van der Waals surface area (Å²) in [7, 11) is -4.55. The molecule has 44 heavy (non-hydrogen) atoms. The number of carbonyl (C=O) groups is 2. The van der Waals surface area contributed by atoms with E-state index in [4.69, 9.17) is 5.11 Å². The number of rotatable bonds is 7. The Bertz CT molecular complexity index is 1550. The van der Waals surface area contributed by atoms with E-state index >= 15 is 0 Å². The van der Waals surface area contributed by atoms with Crippen LogP contribution in [-0.4, -0.2) is 44.3 Å². The maximum absolute atomic E-state index is 14.9. The highest BCUT2D eigenvalue weighted by Gasteiger charge is 2.74. The zero-order valence-corrected chi connectivity index (χ0v) is 23.6. The second-order valence-electron chi connectivity index (χ2n) is 11.8. The SMILES string of the molecule is O=C(O)C1CC(CNC(=O)[C@@H]2CC[C@@]3(S(=O)(=O)c4ccc(F)cc4)c4ccc(C(F)(C(F)(F)F)C(F)(F)F)cc4CC[C@@H]23)C1. The molecule has 0 spiro atoms. The molecule has 0 heterocycles. The number of alkyl halides is 7. The number of carboxylic acid groups (broad SMARTS) is 1. The summed E-state index contributed by atoms with van der Waals surface area (Å²) >= 11 is 0. The Balaban J connectivity index is 1.56. The smallest absolute Gasteiger partial charge is 0.435 e. The van der Waals surface area contributed by atoms with E-state index < -0.39 is 73.6 Å². The number of halogens is 8. The molecule has 2 aromatic carbocycles. The molecule has 5 rings (SSSR count). The van der Waals surface area contributed by atoms with Gasteiger partial charge < -0.3 is 10.4 Å². The molecular weight excluding hydrogens is 626 g/mol. The number of hydrogen-bond donors (Lipinski definition) is 2. The lowest BCUT2D eigenvalue weighted by molar-refractivity contribution is -0.348. The number of amides is 1. The summed E-state index contributed by atoms with van der Waals surface area (Å²) in [6.45, 7) is 0.150. The first kappa shape index (κ1) is 32.2. The van der Waals surface area contributed by atoms with E-state index in [9.17, 15) is 53.1 Å². The normalized spacial score (nSPS) is 27.2. The van der Waals surface area contributed by atoms with Gasteiger partial charge in [0.25, 0.3) is 0 Å². The first-order valence-corrected chi connectivity index (χ1v) is 15.3. The molecule has 0 bridgehead atoms. The topological polar surface area (TPSA) is 101 Å². The van der Waals surface area contributed by atoms with Gasteiger partial charge in [-0.05, 0) is 85.8 Å². The quantitative estimate of drug-likeness (QED) is 0.283. The van der Waals surface area contributed by atoms with Crippen LogP contribution in [-0.2, 0) is 36.3 Å². The second kappa shape index (κ2) is 10.7. The first-order valence-electron chi connectivity index (χ1n) is 13.8. The monoisotopic (exact) mass is 653 g/mol. The van der Waals surface area contributed by atoms with Gasteiger partial charge in [-0.2, -0.15) is 26.3 Å². The van der Waals surface area contributed by atoms with Gasteiger partial charge in [0.2, 0.25) is 5.91 Å². The fourth-order valence-corrected chi connectivity index (χ4v) is 9.64. The number of carboxylic acids is 1. The summed E-state index contributed by atoms with van der Waals surface area (Å²) in [6, 6.07) is 5.20. The van der Waals surface area contributed by atoms with Crippen molar-refractivity contribution in [2.45, 2.75) is 66.2 Å². The van der Waals surface area contributed by atoms with Crippen LogP contribution in [0.3, 0.4) is 0 Å². The minimum Gasteiger partial charge on any atom is -0.481 e. The first-order chi connectivity index (χ1) is 20.3. The molecule has 3 atom stereocenters. The molecule has 1 amide bonds. The van der Waals surface area contributed by atoms with Crippen LogP contribution in [0.5, 0.6) is 0 Å². The molecule has 0 aliphatic heterocycles. The van der Waals surface area contributed by atoms with Crippen molar-refractivity contribution in [3.05, 3.63) is 65.0 Å². The lowest BCUT2D eigenvalue weighted by atomic mass is 9.72. The summed E-state index contributed by atoms with van der Waals surface area (Å²) in [4.78, 5) is 24.1. The van der Waals surface area contributed by atoms with Gasteiger partial charge in [-0.25, -0.2) is 17.2 Å². The van der Waals surface area contributed by atoms with Gasteiger partial charge in [0.05, 0.1) is 10.8 Å². The highest BCUT2D eigenvalue weighted by Crippen LogP contribution is 2.60. The second-order valence-corrected chi connectivity index (χ2v) is 14.0. The van der Waals surface area contributed by atoms with E-state index in [0.29, 0.717) is 18.9 Å². The van der Waals surface area contributed by atoms with Crippen molar-refractivity contribution in [2.24, 2.45) is 23.7 Å². The molecule has 2 N–H and O–H groups in total. The van der Waals surface area contributed by atoms with Crippen LogP contribution in [0.15, 0.2) is 47.4 Å². The Morgan fingerprint density at radius 3 is 2.11 bits per heavy atom. The van der Waals surface area contributed by atoms with Crippen LogP contribution in [0.2, 0.25) is 0 Å². The van der Waals surface area contributed by atoms with E-state index in [0.717, 1.165) is 30.3 Å². The average molecular weight is 654 g/mol. The van der Waals surface area contributed by atoms with Crippen LogP contribution < -0.4 is 5.32 Å². The van der Waals surface area contributed by atoms with Crippen molar-refractivity contribution in [2.75, 3.05) is 6.54 Å². The van der Waals surface area contributed by atoms with Crippen molar-refractivity contribution in [3.63, 3.8) is 0 Å². The number of sulfone groups is 1. The van der Waals surface area contributed by atoms with Gasteiger partial charge in [-0.15, -0.1) is 0 Å². The minimum atomic E-state index is -6.37. The van der Waals surface area contributed by atoms with E-state index in [1.54, 1.807) is 0 Å². The number of nitrogens with one attached hydrogen (secondary N) is 1. The molecule has 2 aromatic rings. The third-order valence-electron chi connectivity index (χ3n) is 9.47. The van der Waals surface area contributed by atoms with E-state index in [2.05, 4.69) is 5.32 Å². The molecule has 0 radical (unpaired) electrons. The average Bonchev–Trinajstić information content (AvgIpc) is 3.32. The molecule has 240 valence electrons. The van der Waals surface area contributed by atoms with Crippen LogP contribution in [0.1, 0.15) is 48.8 Å². The molecule has 3 aliphatic carbocycles. The van der Waals surface area contributed by atoms with Gasteiger partial charge in [-0.3, -0.25) is 9.59 Å². The van der Waals surface area contributed by atoms with Gasteiger partial charge in [0, 0.05) is 18.0 Å². The van der Waals surface area contributed by atoms with Crippen LogP contribution in [0.25, 0.3) is 0 Å². The lowest BCUT2D eigenvalue weighted by Crippen LogP contribution is -2.51. The van der Waals surface area contributed by atoms with Crippen molar-refractivity contribution in [3.8, 4) is 0 Å². The number of fused-ring (bicyclic) bond motifs is 3. The Kier molecular flexibility index (Phi) is 7.82.